The van der Waals surface area contributed by atoms with Crippen LogP contribution in [0.1, 0.15) is 24.6 Å². The van der Waals surface area contributed by atoms with Crippen molar-refractivity contribution in [1.82, 2.24) is 9.78 Å². The molecule has 1 heterocycles. The van der Waals surface area contributed by atoms with Gasteiger partial charge in [0, 0.05) is 17.1 Å². The molecule has 0 amide bonds. The van der Waals surface area contributed by atoms with Crippen LogP contribution in [0, 0.1) is 0 Å². The molecule has 1 aromatic heterocycles. The Labute approximate surface area is 81.1 Å². The van der Waals surface area contributed by atoms with Crippen LogP contribution in [0.3, 0.4) is 0 Å². The Bertz CT molecular complexity index is 280. The van der Waals surface area contributed by atoms with Crippen molar-refractivity contribution in [3.05, 3.63) is 17.5 Å². The summed E-state index contributed by atoms with van der Waals surface area (Å²) in [7, 11) is 0. The van der Waals surface area contributed by atoms with Crippen LogP contribution >= 0.6 is 15.9 Å². The SMILES string of the molecule is CCn1ncc2c1CC[C@H](Br)C2. The smallest absolute Gasteiger partial charge is 0.0525 e. The molecule has 1 atom stereocenters. The second-order valence-electron chi connectivity index (χ2n) is 3.27. The Kier molecular flexibility index (Phi) is 2.22. The average molecular weight is 229 g/mol. The van der Waals surface area contributed by atoms with E-state index in [2.05, 4.69) is 32.6 Å². The highest BCUT2D eigenvalue weighted by molar-refractivity contribution is 9.09. The largest absolute Gasteiger partial charge is 0.270 e. The molecule has 0 N–H and O–H groups in total. The lowest BCUT2D eigenvalue weighted by molar-refractivity contribution is 0.589. The van der Waals surface area contributed by atoms with E-state index in [9.17, 15) is 0 Å². The maximum Gasteiger partial charge on any atom is 0.0525 e. The summed E-state index contributed by atoms with van der Waals surface area (Å²) in [5.41, 5.74) is 2.89. The first-order valence-electron chi connectivity index (χ1n) is 4.49. The normalized spacial score (nSPS) is 22.3. The van der Waals surface area contributed by atoms with Crippen molar-refractivity contribution >= 4 is 15.9 Å². The van der Waals surface area contributed by atoms with Crippen LogP contribution in [0.15, 0.2) is 6.20 Å². The standard InChI is InChI=1S/C9H13BrN2/c1-2-12-9-4-3-8(10)5-7(9)6-11-12/h6,8H,2-5H2,1H3/t8-/m0/s1. The molecular formula is C9H13BrN2. The van der Waals surface area contributed by atoms with Crippen LogP contribution < -0.4 is 0 Å². The van der Waals surface area contributed by atoms with Crippen molar-refractivity contribution < 1.29 is 0 Å². The van der Waals surface area contributed by atoms with E-state index < -0.39 is 0 Å². The van der Waals surface area contributed by atoms with Gasteiger partial charge < -0.3 is 0 Å². The van der Waals surface area contributed by atoms with Crippen LogP contribution in [0.2, 0.25) is 0 Å². The molecule has 0 unspecified atom stereocenters. The van der Waals surface area contributed by atoms with E-state index in [1.54, 1.807) is 0 Å². The van der Waals surface area contributed by atoms with Crippen LogP contribution in [-0.2, 0) is 19.4 Å². The van der Waals surface area contributed by atoms with Crippen molar-refractivity contribution in [3.63, 3.8) is 0 Å². The quantitative estimate of drug-likeness (QED) is 0.674. The van der Waals surface area contributed by atoms with Crippen molar-refractivity contribution in [2.75, 3.05) is 0 Å². The maximum absolute atomic E-state index is 4.35. The fourth-order valence-corrected chi connectivity index (χ4v) is 2.39. The summed E-state index contributed by atoms with van der Waals surface area (Å²) in [6, 6.07) is 0. The molecule has 0 radical (unpaired) electrons. The third-order valence-corrected chi connectivity index (χ3v) is 3.25. The highest BCUT2D eigenvalue weighted by atomic mass is 79.9. The zero-order valence-corrected chi connectivity index (χ0v) is 8.84. The van der Waals surface area contributed by atoms with Gasteiger partial charge in [0.15, 0.2) is 0 Å². The fraction of sp³-hybridized carbons (Fsp3) is 0.667. The molecule has 0 spiro atoms. The summed E-state index contributed by atoms with van der Waals surface area (Å²) < 4.78 is 2.12. The summed E-state index contributed by atoms with van der Waals surface area (Å²) in [6.07, 6.45) is 5.60. The van der Waals surface area contributed by atoms with Gasteiger partial charge >= 0.3 is 0 Å². The summed E-state index contributed by atoms with van der Waals surface area (Å²) in [6.45, 7) is 3.15. The van der Waals surface area contributed by atoms with E-state index in [1.165, 1.54) is 24.1 Å². The highest BCUT2D eigenvalue weighted by Crippen LogP contribution is 2.25. The fourth-order valence-electron chi connectivity index (χ4n) is 1.82. The zero-order chi connectivity index (χ0) is 8.55. The number of aryl methyl sites for hydroxylation is 1. The van der Waals surface area contributed by atoms with E-state index in [1.807, 2.05) is 6.20 Å². The lowest BCUT2D eigenvalue weighted by Crippen LogP contribution is -2.15. The number of nitrogens with zero attached hydrogens (tertiary/aromatic N) is 2. The third kappa shape index (κ3) is 1.30. The minimum Gasteiger partial charge on any atom is -0.270 e. The van der Waals surface area contributed by atoms with Gasteiger partial charge in [-0.1, -0.05) is 15.9 Å². The molecule has 2 nitrogen and oxygen atoms in total. The van der Waals surface area contributed by atoms with Gasteiger partial charge in [0.1, 0.15) is 0 Å². The predicted octanol–water partition coefficient (Wildman–Crippen LogP) is 2.16. The number of rotatable bonds is 1. The first-order valence-corrected chi connectivity index (χ1v) is 5.40. The van der Waals surface area contributed by atoms with Crippen molar-refractivity contribution in [1.29, 1.82) is 0 Å². The van der Waals surface area contributed by atoms with Gasteiger partial charge in [0.05, 0.1) is 6.20 Å². The molecule has 1 aliphatic rings. The van der Waals surface area contributed by atoms with Gasteiger partial charge in [-0.15, -0.1) is 0 Å². The Balaban J connectivity index is 2.32. The Morgan fingerprint density at radius 3 is 3.33 bits per heavy atom. The lowest BCUT2D eigenvalue weighted by atomic mass is 9.98. The molecule has 0 fully saturated rings. The number of hydrogen-bond acceptors (Lipinski definition) is 1. The van der Waals surface area contributed by atoms with Gasteiger partial charge in [-0.25, -0.2) is 0 Å². The van der Waals surface area contributed by atoms with Gasteiger partial charge in [0.2, 0.25) is 0 Å². The van der Waals surface area contributed by atoms with E-state index >= 15 is 0 Å². The Hall–Kier alpha value is -0.310. The molecule has 1 aromatic rings. The molecule has 3 heteroatoms. The number of hydrogen-bond donors (Lipinski definition) is 0. The molecule has 2 rings (SSSR count). The van der Waals surface area contributed by atoms with Crippen LogP contribution in [0.4, 0.5) is 0 Å². The molecule has 0 aliphatic heterocycles. The molecule has 12 heavy (non-hydrogen) atoms. The molecule has 1 aliphatic carbocycles. The van der Waals surface area contributed by atoms with E-state index in [0.717, 1.165) is 13.0 Å². The molecular weight excluding hydrogens is 216 g/mol. The zero-order valence-electron chi connectivity index (χ0n) is 7.26. The van der Waals surface area contributed by atoms with Crippen molar-refractivity contribution in [3.8, 4) is 0 Å². The first-order chi connectivity index (χ1) is 5.81. The second kappa shape index (κ2) is 3.21. The van der Waals surface area contributed by atoms with Crippen molar-refractivity contribution in [2.24, 2.45) is 0 Å². The van der Waals surface area contributed by atoms with Gasteiger partial charge in [-0.2, -0.15) is 5.10 Å². The number of halogens is 1. The first kappa shape index (κ1) is 8.30. The minimum atomic E-state index is 0.666. The molecule has 0 saturated carbocycles. The summed E-state index contributed by atoms with van der Waals surface area (Å²) in [5.74, 6) is 0. The molecule has 0 bridgehead atoms. The Morgan fingerprint density at radius 2 is 2.58 bits per heavy atom. The summed E-state index contributed by atoms with van der Waals surface area (Å²) >= 11 is 3.65. The maximum atomic E-state index is 4.35. The molecule has 0 aromatic carbocycles. The second-order valence-corrected chi connectivity index (χ2v) is 4.57. The number of alkyl halides is 1. The van der Waals surface area contributed by atoms with Gasteiger partial charge in [-0.05, 0) is 31.7 Å². The van der Waals surface area contributed by atoms with E-state index in [0.29, 0.717) is 4.83 Å². The lowest BCUT2D eigenvalue weighted by Gasteiger charge is -2.17. The van der Waals surface area contributed by atoms with Crippen LogP contribution in [-0.4, -0.2) is 14.6 Å². The topological polar surface area (TPSA) is 17.8 Å². The third-order valence-electron chi connectivity index (χ3n) is 2.47. The molecule has 0 saturated heterocycles. The van der Waals surface area contributed by atoms with Gasteiger partial charge in [0.25, 0.3) is 0 Å². The summed E-state index contributed by atoms with van der Waals surface area (Å²) in [4.78, 5) is 0.666. The van der Waals surface area contributed by atoms with Gasteiger partial charge in [-0.3, -0.25) is 4.68 Å². The van der Waals surface area contributed by atoms with E-state index in [4.69, 9.17) is 0 Å². The Morgan fingerprint density at radius 1 is 1.75 bits per heavy atom. The number of aromatic nitrogens is 2. The minimum absolute atomic E-state index is 0.666. The van der Waals surface area contributed by atoms with Crippen LogP contribution in [0.25, 0.3) is 0 Å². The monoisotopic (exact) mass is 228 g/mol. The molecule has 66 valence electrons. The van der Waals surface area contributed by atoms with Crippen LogP contribution in [0.5, 0.6) is 0 Å². The predicted molar refractivity (Wildman–Crippen MR) is 52.6 cm³/mol. The average Bonchev–Trinajstić information content (AvgIpc) is 2.46. The summed E-state index contributed by atoms with van der Waals surface area (Å²) in [5, 5.41) is 4.35. The van der Waals surface area contributed by atoms with Crippen molar-refractivity contribution in [2.45, 2.75) is 37.6 Å². The van der Waals surface area contributed by atoms with E-state index in [-0.39, 0.29) is 0 Å². The highest BCUT2D eigenvalue weighted by Gasteiger charge is 2.19. The number of fused-ring (bicyclic) bond motifs is 1.